The minimum absolute atomic E-state index is 0.0281. The van der Waals surface area contributed by atoms with Gasteiger partial charge in [0.15, 0.2) is 6.61 Å². The minimum atomic E-state index is -4.58. The number of sulfonamides is 1. The molecule has 1 saturated carbocycles. The number of amides is 1. The Bertz CT molecular complexity index is 1010. The Morgan fingerprint density at radius 1 is 1.22 bits per heavy atom. The molecule has 11 heteroatoms. The smallest absolute Gasteiger partial charge is 0.405 e. The van der Waals surface area contributed by atoms with Crippen molar-refractivity contribution >= 4 is 21.9 Å². The van der Waals surface area contributed by atoms with Crippen molar-refractivity contribution in [3.05, 3.63) is 29.8 Å². The number of nitrogens with zero attached hydrogens (tertiary/aromatic N) is 1. The van der Waals surface area contributed by atoms with Gasteiger partial charge in [0.2, 0.25) is 10.0 Å². The Labute approximate surface area is 185 Å². The van der Waals surface area contributed by atoms with Crippen molar-refractivity contribution in [2.45, 2.75) is 57.1 Å². The van der Waals surface area contributed by atoms with Crippen LogP contribution >= 0.6 is 0 Å². The van der Waals surface area contributed by atoms with Crippen molar-refractivity contribution in [1.29, 1.82) is 0 Å². The van der Waals surface area contributed by atoms with E-state index in [9.17, 15) is 31.2 Å². The van der Waals surface area contributed by atoms with Crippen LogP contribution in [-0.4, -0.2) is 56.5 Å². The molecular weight excluding hydrogens is 449 g/mol. The molecule has 1 saturated heterocycles. The van der Waals surface area contributed by atoms with Crippen molar-refractivity contribution in [1.82, 2.24) is 9.62 Å². The fourth-order valence-electron chi connectivity index (χ4n) is 5.07. The second kappa shape index (κ2) is 8.33. The lowest BCUT2D eigenvalue weighted by molar-refractivity contribution is -0.140. The third kappa shape index (κ3) is 5.61. The lowest BCUT2D eigenvalue weighted by atomic mass is 9.65. The van der Waals surface area contributed by atoms with Gasteiger partial charge < -0.3 is 10.1 Å². The van der Waals surface area contributed by atoms with Gasteiger partial charge in [-0.3, -0.25) is 4.79 Å². The maximum atomic E-state index is 13.4. The minimum Gasteiger partial charge on any atom is -0.452 e. The third-order valence-electron chi connectivity index (χ3n) is 5.86. The van der Waals surface area contributed by atoms with E-state index in [0.717, 1.165) is 19.3 Å². The fourth-order valence-corrected chi connectivity index (χ4v) is 6.89. The van der Waals surface area contributed by atoms with E-state index < -0.39 is 41.2 Å². The van der Waals surface area contributed by atoms with Gasteiger partial charge in [-0.2, -0.15) is 17.5 Å². The summed E-state index contributed by atoms with van der Waals surface area (Å²) in [4.78, 5) is 23.6. The number of rotatable bonds is 6. The predicted octanol–water partition coefficient (Wildman–Crippen LogP) is 3.11. The number of fused-ring (bicyclic) bond motifs is 2. The number of hydrogen-bond acceptors (Lipinski definition) is 5. The van der Waals surface area contributed by atoms with Crippen LogP contribution in [0.25, 0.3) is 0 Å². The van der Waals surface area contributed by atoms with Gasteiger partial charge in [0, 0.05) is 12.6 Å². The van der Waals surface area contributed by atoms with Gasteiger partial charge in [0.1, 0.15) is 6.54 Å². The fraction of sp³-hybridized carbons (Fsp3) is 0.619. The van der Waals surface area contributed by atoms with E-state index in [1.54, 1.807) is 5.32 Å². The molecule has 1 aromatic rings. The number of hydrogen-bond donors (Lipinski definition) is 1. The zero-order valence-electron chi connectivity index (χ0n) is 18.2. The highest BCUT2D eigenvalue weighted by atomic mass is 32.2. The highest BCUT2D eigenvalue weighted by molar-refractivity contribution is 7.89. The number of halogens is 3. The SMILES string of the molecule is CC1(C)C[C@H]2C[C@@](C)(CN2S(=O)(=O)c2cccc(C(=O)OCC(=O)NCC(F)(F)F)c2)C1. The average Bonchev–Trinajstić information content (AvgIpc) is 2.93. The van der Waals surface area contributed by atoms with Crippen molar-refractivity contribution in [3.8, 4) is 0 Å². The van der Waals surface area contributed by atoms with Crippen LogP contribution in [0.2, 0.25) is 0 Å². The molecule has 1 aliphatic carbocycles. The topological polar surface area (TPSA) is 92.8 Å². The van der Waals surface area contributed by atoms with Crippen LogP contribution in [0.4, 0.5) is 13.2 Å². The second-order valence-corrected chi connectivity index (χ2v) is 11.7. The van der Waals surface area contributed by atoms with Crippen LogP contribution in [0.3, 0.4) is 0 Å². The predicted molar refractivity (Wildman–Crippen MR) is 109 cm³/mol. The van der Waals surface area contributed by atoms with Crippen LogP contribution < -0.4 is 5.32 Å². The molecule has 7 nitrogen and oxygen atoms in total. The number of alkyl halides is 3. The molecule has 2 fully saturated rings. The first-order valence-electron chi connectivity index (χ1n) is 10.2. The van der Waals surface area contributed by atoms with Crippen molar-refractivity contribution in [2.24, 2.45) is 10.8 Å². The van der Waals surface area contributed by atoms with Crippen molar-refractivity contribution < 1.29 is 35.9 Å². The number of benzene rings is 1. The lowest BCUT2D eigenvalue weighted by Crippen LogP contribution is -2.37. The van der Waals surface area contributed by atoms with Crippen LogP contribution in [0.1, 0.15) is 50.4 Å². The molecule has 2 bridgehead atoms. The number of esters is 1. The van der Waals surface area contributed by atoms with Gasteiger partial charge in [-0.15, -0.1) is 0 Å². The molecular formula is C21H27F3N2O5S. The summed E-state index contributed by atoms with van der Waals surface area (Å²) < 4.78 is 69.3. The molecule has 1 amide bonds. The number of carbonyl (C=O) groups is 2. The Balaban J connectivity index is 1.70. The summed E-state index contributed by atoms with van der Waals surface area (Å²) in [6.45, 7) is 4.31. The zero-order chi connectivity index (χ0) is 23.9. The van der Waals surface area contributed by atoms with E-state index >= 15 is 0 Å². The summed E-state index contributed by atoms with van der Waals surface area (Å²) in [5, 5.41) is 1.59. The molecule has 2 aliphatic rings. The highest BCUT2D eigenvalue weighted by Gasteiger charge is 2.53. The third-order valence-corrected chi connectivity index (χ3v) is 7.76. The van der Waals surface area contributed by atoms with Gasteiger partial charge >= 0.3 is 12.1 Å². The van der Waals surface area contributed by atoms with Gasteiger partial charge in [0.25, 0.3) is 5.91 Å². The maximum absolute atomic E-state index is 13.4. The normalized spacial score (nSPS) is 25.4. The molecule has 0 radical (unpaired) electrons. The van der Waals surface area contributed by atoms with Crippen LogP contribution in [0.5, 0.6) is 0 Å². The molecule has 1 aromatic carbocycles. The average molecular weight is 477 g/mol. The van der Waals surface area contributed by atoms with Gasteiger partial charge in [-0.25, -0.2) is 13.2 Å². The quantitative estimate of drug-likeness (QED) is 0.637. The van der Waals surface area contributed by atoms with E-state index in [1.807, 2.05) is 0 Å². The van der Waals surface area contributed by atoms with Crippen LogP contribution in [-0.2, 0) is 19.6 Å². The first kappa shape index (κ1) is 24.5. The summed E-state index contributed by atoms with van der Waals surface area (Å²) in [6.07, 6.45) is -2.13. The Morgan fingerprint density at radius 3 is 2.56 bits per heavy atom. The molecule has 1 aliphatic heterocycles. The van der Waals surface area contributed by atoms with E-state index in [-0.39, 0.29) is 27.3 Å². The van der Waals surface area contributed by atoms with E-state index in [4.69, 9.17) is 4.74 Å². The molecule has 3 rings (SSSR count). The lowest BCUT2D eigenvalue weighted by Gasteiger charge is -2.39. The molecule has 0 unspecified atom stereocenters. The summed E-state index contributed by atoms with van der Waals surface area (Å²) in [5.74, 6) is -2.11. The first-order valence-corrected chi connectivity index (χ1v) is 11.7. The first-order chi connectivity index (χ1) is 14.6. The van der Waals surface area contributed by atoms with Crippen LogP contribution in [0, 0.1) is 10.8 Å². The monoisotopic (exact) mass is 476 g/mol. The van der Waals surface area contributed by atoms with Crippen molar-refractivity contribution in [3.63, 3.8) is 0 Å². The van der Waals surface area contributed by atoms with Crippen LogP contribution in [0.15, 0.2) is 29.2 Å². The summed E-state index contributed by atoms with van der Waals surface area (Å²) in [5.41, 5.74) is -0.191. The van der Waals surface area contributed by atoms with Gasteiger partial charge in [-0.05, 0) is 48.3 Å². The molecule has 2 atom stereocenters. The van der Waals surface area contributed by atoms with E-state index in [2.05, 4.69) is 20.8 Å². The number of ether oxygens (including phenoxy) is 1. The van der Waals surface area contributed by atoms with Gasteiger partial charge in [0.05, 0.1) is 10.5 Å². The molecule has 1 N–H and O–H groups in total. The Morgan fingerprint density at radius 2 is 1.91 bits per heavy atom. The summed E-state index contributed by atoms with van der Waals surface area (Å²) in [7, 11) is -3.87. The Kier molecular flexibility index (Phi) is 6.38. The maximum Gasteiger partial charge on any atom is 0.405 e. The number of nitrogens with one attached hydrogen (secondary N) is 1. The molecule has 178 valence electrons. The molecule has 0 spiro atoms. The molecule has 1 heterocycles. The van der Waals surface area contributed by atoms with Crippen molar-refractivity contribution in [2.75, 3.05) is 19.7 Å². The summed E-state index contributed by atoms with van der Waals surface area (Å²) in [6, 6.07) is 5.14. The highest BCUT2D eigenvalue weighted by Crippen LogP contribution is 2.53. The number of carbonyl (C=O) groups excluding carboxylic acids is 2. The van der Waals surface area contributed by atoms with Gasteiger partial charge in [-0.1, -0.05) is 26.8 Å². The Hall–Kier alpha value is -2.14. The standard InChI is InChI=1S/C21H27F3N2O5S/c1-19(2)8-15-9-20(3,11-19)13-26(15)32(29,30)16-6-4-5-14(7-16)18(28)31-10-17(27)25-12-21(22,23)24/h4-7,15H,8-13H2,1-3H3,(H,25,27)/t15-,20+/m0/s1. The largest absolute Gasteiger partial charge is 0.452 e. The zero-order valence-corrected chi connectivity index (χ0v) is 19.0. The summed E-state index contributed by atoms with van der Waals surface area (Å²) >= 11 is 0. The van der Waals surface area contributed by atoms with E-state index in [1.165, 1.54) is 28.6 Å². The molecule has 0 aromatic heterocycles. The molecule has 32 heavy (non-hydrogen) atoms. The second-order valence-electron chi connectivity index (χ2n) is 9.76. The van der Waals surface area contributed by atoms with E-state index in [0.29, 0.717) is 6.54 Å².